The molecule has 1 saturated heterocycles. The van der Waals surface area contributed by atoms with Crippen LogP contribution in [-0.4, -0.2) is 63.3 Å². The lowest BCUT2D eigenvalue weighted by Gasteiger charge is -2.41. The van der Waals surface area contributed by atoms with Gasteiger partial charge in [0.2, 0.25) is 0 Å². The lowest BCUT2D eigenvalue weighted by Crippen LogP contribution is -2.49. The third kappa shape index (κ3) is 5.47. The molecule has 2 aromatic rings. The zero-order valence-corrected chi connectivity index (χ0v) is 19.3. The summed E-state index contributed by atoms with van der Waals surface area (Å²) >= 11 is 0. The van der Waals surface area contributed by atoms with Gasteiger partial charge in [-0.25, -0.2) is 4.68 Å². The molecule has 2 heterocycles. The Balaban J connectivity index is 0.00000300. The van der Waals surface area contributed by atoms with Crippen molar-refractivity contribution in [3.05, 3.63) is 35.7 Å². The van der Waals surface area contributed by atoms with Gasteiger partial charge in [0.25, 0.3) is 0 Å². The van der Waals surface area contributed by atoms with E-state index in [1.54, 1.807) is 7.11 Å². The van der Waals surface area contributed by atoms with Crippen LogP contribution in [0.3, 0.4) is 0 Å². The van der Waals surface area contributed by atoms with Crippen molar-refractivity contribution in [1.82, 2.24) is 30.0 Å². The van der Waals surface area contributed by atoms with Gasteiger partial charge in [-0.3, -0.25) is 9.80 Å². The highest BCUT2D eigenvalue weighted by molar-refractivity contribution is 5.85. The quantitative estimate of drug-likeness (QED) is 0.711. The van der Waals surface area contributed by atoms with Gasteiger partial charge in [0.1, 0.15) is 5.75 Å². The standard InChI is InChI=1S/C21H34N6O.ClH/c1-16(2)19(20-22-23-24-27(20)21(3,4)5)26-13-11-25(12-14-26)15-17-9-7-8-10-18(17)28-6;/h7-10,16,19H,11-15H2,1-6H3;1H. The summed E-state index contributed by atoms with van der Waals surface area (Å²) in [4.78, 5) is 5.04. The Morgan fingerprint density at radius 3 is 2.31 bits per heavy atom. The van der Waals surface area contributed by atoms with E-state index in [4.69, 9.17) is 4.74 Å². The molecule has 7 nitrogen and oxygen atoms in total. The average molecular weight is 423 g/mol. The first kappa shape index (κ1) is 23.6. The lowest BCUT2D eigenvalue weighted by molar-refractivity contribution is 0.0635. The maximum Gasteiger partial charge on any atom is 0.169 e. The Bertz CT molecular complexity index is 765. The van der Waals surface area contributed by atoms with Gasteiger partial charge in [-0.1, -0.05) is 32.0 Å². The lowest BCUT2D eigenvalue weighted by atomic mass is 9.99. The van der Waals surface area contributed by atoms with Gasteiger partial charge in [-0.05, 0) is 43.2 Å². The second kappa shape index (κ2) is 9.87. The van der Waals surface area contributed by atoms with Crippen molar-refractivity contribution >= 4 is 12.4 Å². The summed E-state index contributed by atoms with van der Waals surface area (Å²) in [6.45, 7) is 16.0. The normalized spacial score (nSPS) is 17.2. The molecule has 1 unspecified atom stereocenters. The Kier molecular flexibility index (Phi) is 8.02. The fraction of sp³-hybridized carbons (Fsp3) is 0.667. The summed E-state index contributed by atoms with van der Waals surface area (Å²) in [6, 6.07) is 8.51. The molecule has 3 rings (SSSR count). The van der Waals surface area contributed by atoms with Gasteiger partial charge in [0.15, 0.2) is 5.82 Å². The molecule has 1 fully saturated rings. The van der Waals surface area contributed by atoms with E-state index in [2.05, 4.69) is 72.1 Å². The van der Waals surface area contributed by atoms with Crippen molar-refractivity contribution in [2.24, 2.45) is 5.92 Å². The number of methoxy groups -OCH3 is 1. The first-order valence-corrected chi connectivity index (χ1v) is 10.2. The Labute approximate surface area is 180 Å². The summed E-state index contributed by atoms with van der Waals surface area (Å²) in [6.07, 6.45) is 0. The smallest absolute Gasteiger partial charge is 0.169 e. The summed E-state index contributed by atoms with van der Waals surface area (Å²) in [7, 11) is 1.74. The van der Waals surface area contributed by atoms with E-state index in [0.29, 0.717) is 5.92 Å². The maximum absolute atomic E-state index is 5.51. The van der Waals surface area contributed by atoms with Crippen LogP contribution in [0.4, 0.5) is 0 Å². The molecular weight excluding hydrogens is 388 g/mol. The van der Waals surface area contributed by atoms with E-state index >= 15 is 0 Å². The van der Waals surface area contributed by atoms with Gasteiger partial charge < -0.3 is 4.74 Å². The Morgan fingerprint density at radius 1 is 1.07 bits per heavy atom. The Hall–Kier alpha value is -1.70. The van der Waals surface area contributed by atoms with E-state index in [0.717, 1.165) is 44.3 Å². The monoisotopic (exact) mass is 422 g/mol. The van der Waals surface area contributed by atoms with E-state index in [1.807, 2.05) is 16.8 Å². The molecule has 0 radical (unpaired) electrons. The largest absolute Gasteiger partial charge is 0.496 e. The minimum atomic E-state index is -0.127. The molecule has 0 N–H and O–H groups in total. The molecule has 0 amide bonds. The van der Waals surface area contributed by atoms with Crippen LogP contribution in [0, 0.1) is 5.92 Å². The number of rotatable bonds is 6. The number of hydrogen-bond donors (Lipinski definition) is 0. The van der Waals surface area contributed by atoms with Gasteiger partial charge in [0, 0.05) is 38.3 Å². The van der Waals surface area contributed by atoms with E-state index in [1.165, 1.54) is 5.56 Å². The zero-order chi connectivity index (χ0) is 20.3. The minimum absolute atomic E-state index is 0. The van der Waals surface area contributed by atoms with Crippen LogP contribution >= 0.6 is 12.4 Å². The van der Waals surface area contributed by atoms with Crippen LogP contribution < -0.4 is 4.74 Å². The zero-order valence-electron chi connectivity index (χ0n) is 18.5. The van der Waals surface area contributed by atoms with Gasteiger partial charge in [-0.2, -0.15) is 0 Å². The van der Waals surface area contributed by atoms with Crippen molar-refractivity contribution in [3.8, 4) is 5.75 Å². The number of ether oxygens (including phenoxy) is 1. The number of tetrazole rings is 1. The second-order valence-corrected chi connectivity index (χ2v) is 8.93. The molecule has 0 saturated carbocycles. The minimum Gasteiger partial charge on any atom is -0.496 e. The number of nitrogens with zero attached hydrogens (tertiary/aromatic N) is 6. The Morgan fingerprint density at radius 2 is 1.72 bits per heavy atom. The van der Waals surface area contributed by atoms with Crippen LogP contribution in [0.5, 0.6) is 5.75 Å². The van der Waals surface area contributed by atoms with Crippen LogP contribution in [0.25, 0.3) is 0 Å². The third-order valence-corrected chi connectivity index (χ3v) is 5.41. The molecule has 1 aliphatic heterocycles. The van der Waals surface area contributed by atoms with Crippen molar-refractivity contribution in [2.75, 3.05) is 33.3 Å². The van der Waals surface area contributed by atoms with E-state index in [-0.39, 0.29) is 24.0 Å². The molecule has 162 valence electrons. The second-order valence-electron chi connectivity index (χ2n) is 8.93. The predicted molar refractivity (Wildman–Crippen MR) is 117 cm³/mol. The highest BCUT2D eigenvalue weighted by atomic mass is 35.5. The van der Waals surface area contributed by atoms with E-state index in [9.17, 15) is 0 Å². The summed E-state index contributed by atoms with van der Waals surface area (Å²) < 4.78 is 7.49. The molecule has 1 aromatic heterocycles. The first-order chi connectivity index (χ1) is 13.3. The average Bonchev–Trinajstić information content (AvgIpc) is 3.13. The number of hydrogen-bond acceptors (Lipinski definition) is 6. The van der Waals surface area contributed by atoms with Gasteiger partial charge in [-0.15, -0.1) is 17.5 Å². The number of para-hydroxylation sites is 1. The van der Waals surface area contributed by atoms with Crippen LogP contribution in [-0.2, 0) is 12.1 Å². The number of halogens is 1. The SMILES string of the molecule is COc1ccccc1CN1CCN(C(c2nnnn2C(C)(C)C)C(C)C)CC1.Cl. The van der Waals surface area contributed by atoms with Gasteiger partial charge in [0.05, 0.1) is 18.7 Å². The van der Waals surface area contributed by atoms with Crippen molar-refractivity contribution in [1.29, 1.82) is 0 Å². The van der Waals surface area contributed by atoms with Crippen LogP contribution in [0.15, 0.2) is 24.3 Å². The molecule has 8 heteroatoms. The molecule has 29 heavy (non-hydrogen) atoms. The molecule has 0 aliphatic carbocycles. The van der Waals surface area contributed by atoms with Gasteiger partial charge >= 0.3 is 0 Å². The molecule has 1 atom stereocenters. The number of piperazine rings is 1. The fourth-order valence-corrected chi connectivity index (χ4v) is 4.01. The third-order valence-electron chi connectivity index (χ3n) is 5.41. The predicted octanol–water partition coefficient (Wildman–Crippen LogP) is 3.37. The molecule has 0 spiro atoms. The van der Waals surface area contributed by atoms with Crippen molar-refractivity contribution in [2.45, 2.75) is 52.7 Å². The van der Waals surface area contributed by atoms with E-state index < -0.39 is 0 Å². The number of aromatic nitrogens is 4. The highest BCUT2D eigenvalue weighted by Gasteiger charge is 2.33. The number of benzene rings is 1. The first-order valence-electron chi connectivity index (χ1n) is 10.2. The van der Waals surface area contributed by atoms with Crippen LogP contribution in [0.1, 0.15) is 52.0 Å². The highest BCUT2D eigenvalue weighted by Crippen LogP contribution is 2.30. The summed E-state index contributed by atoms with van der Waals surface area (Å²) in [5.41, 5.74) is 1.12. The van der Waals surface area contributed by atoms with Crippen LogP contribution in [0.2, 0.25) is 0 Å². The molecule has 1 aliphatic rings. The van der Waals surface area contributed by atoms with Crippen molar-refractivity contribution < 1.29 is 4.74 Å². The molecule has 0 bridgehead atoms. The summed E-state index contributed by atoms with van der Waals surface area (Å²) in [5.74, 6) is 2.38. The molecular formula is C21H35ClN6O. The molecule has 1 aromatic carbocycles. The van der Waals surface area contributed by atoms with Crippen molar-refractivity contribution in [3.63, 3.8) is 0 Å². The topological polar surface area (TPSA) is 59.3 Å². The summed E-state index contributed by atoms with van der Waals surface area (Å²) in [5, 5.41) is 12.7. The maximum atomic E-state index is 5.51. The fourth-order valence-electron chi connectivity index (χ4n) is 4.01.